The predicted octanol–water partition coefficient (Wildman–Crippen LogP) is 2.96. The second kappa shape index (κ2) is 7.86. The molecule has 0 bridgehead atoms. The van der Waals surface area contributed by atoms with Crippen LogP contribution < -0.4 is 4.90 Å². The van der Waals surface area contributed by atoms with Gasteiger partial charge in [0.05, 0.1) is 9.82 Å². The fourth-order valence-corrected chi connectivity index (χ4v) is 4.83. The van der Waals surface area contributed by atoms with E-state index < -0.39 is 14.9 Å². The van der Waals surface area contributed by atoms with Gasteiger partial charge in [0.1, 0.15) is 5.69 Å². The maximum Gasteiger partial charge on any atom is 0.293 e. The lowest BCUT2D eigenvalue weighted by Crippen LogP contribution is -2.48. The number of ketones is 1. The van der Waals surface area contributed by atoms with Gasteiger partial charge >= 0.3 is 0 Å². The molecule has 10 heteroatoms. The molecule has 3 rings (SSSR count). The summed E-state index contributed by atoms with van der Waals surface area (Å²) in [5, 5.41) is 11.8. The Morgan fingerprint density at radius 3 is 2.36 bits per heavy atom. The van der Waals surface area contributed by atoms with E-state index in [9.17, 15) is 23.3 Å². The van der Waals surface area contributed by atoms with E-state index in [-0.39, 0.29) is 35.0 Å². The first-order valence-corrected chi connectivity index (χ1v) is 10.3. The van der Waals surface area contributed by atoms with Gasteiger partial charge in [-0.05, 0) is 37.3 Å². The van der Waals surface area contributed by atoms with Gasteiger partial charge in [0.15, 0.2) is 5.78 Å². The average Bonchev–Trinajstić information content (AvgIpc) is 2.67. The van der Waals surface area contributed by atoms with E-state index in [1.165, 1.54) is 35.5 Å². The molecule has 8 nitrogen and oxygen atoms in total. The first-order chi connectivity index (χ1) is 13.2. The fourth-order valence-electron chi connectivity index (χ4n) is 3.10. The van der Waals surface area contributed by atoms with Crippen molar-refractivity contribution < 1.29 is 18.1 Å². The zero-order chi connectivity index (χ0) is 20.5. The number of piperazine rings is 1. The Morgan fingerprint density at radius 1 is 1.11 bits per heavy atom. The molecule has 0 amide bonds. The van der Waals surface area contributed by atoms with Crippen molar-refractivity contribution in [2.75, 3.05) is 31.1 Å². The lowest BCUT2D eigenvalue weighted by atomic mass is 10.1. The Balaban J connectivity index is 1.81. The third-order valence-corrected chi connectivity index (χ3v) is 6.72. The zero-order valence-electron chi connectivity index (χ0n) is 15.0. The molecule has 0 N–H and O–H groups in total. The van der Waals surface area contributed by atoms with E-state index in [4.69, 9.17) is 11.6 Å². The summed E-state index contributed by atoms with van der Waals surface area (Å²) in [6.45, 7) is 2.29. The summed E-state index contributed by atoms with van der Waals surface area (Å²) in [6.07, 6.45) is 0. The molecule has 0 atom stereocenters. The first-order valence-electron chi connectivity index (χ1n) is 8.50. The number of halogens is 1. The Labute approximate surface area is 167 Å². The summed E-state index contributed by atoms with van der Waals surface area (Å²) in [7, 11) is -3.69. The molecule has 0 saturated carbocycles. The zero-order valence-corrected chi connectivity index (χ0v) is 16.6. The van der Waals surface area contributed by atoms with Crippen LogP contribution in [0.4, 0.5) is 11.4 Å². The number of nitro benzene ring substituents is 1. The van der Waals surface area contributed by atoms with Gasteiger partial charge in [-0.3, -0.25) is 14.9 Å². The molecule has 2 aromatic carbocycles. The van der Waals surface area contributed by atoms with Gasteiger partial charge < -0.3 is 4.90 Å². The Kier molecular flexibility index (Phi) is 5.69. The van der Waals surface area contributed by atoms with E-state index in [2.05, 4.69) is 0 Å². The molecule has 0 radical (unpaired) electrons. The summed E-state index contributed by atoms with van der Waals surface area (Å²) in [5.41, 5.74) is 0.464. The molecule has 0 spiro atoms. The smallest absolute Gasteiger partial charge is 0.293 e. The molecule has 148 valence electrons. The van der Waals surface area contributed by atoms with Crippen molar-refractivity contribution in [1.29, 1.82) is 0 Å². The number of anilines is 1. The topological polar surface area (TPSA) is 101 Å². The second-order valence-electron chi connectivity index (χ2n) is 6.37. The summed E-state index contributed by atoms with van der Waals surface area (Å²) < 4.78 is 26.9. The highest BCUT2D eigenvalue weighted by Gasteiger charge is 2.31. The molecule has 1 aliphatic rings. The van der Waals surface area contributed by atoms with E-state index >= 15 is 0 Å². The van der Waals surface area contributed by atoms with Crippen molar-refractivity contribution in [3.8, 4) is 0 Å². The highest BCUT2D eigenvalue weighted by Crippen LogP contribution is 2.31. The number of nitrogens with zero attached hydrogens (tertiary/aromatic N) is 3. The van der Waals surface area contributed by atoms with Gasteiger partial charge in [-0.1, -0.05) is 17.7 Å². The number of carbonyl (C=O) groups is 1. The molecule has 0 aromatic heterocycles. The fraction of sp³-hybridized carbons (Fsp3) is 0.278. The SMILES string of the molecule is CC(=O)c1ccc(N2CCN(S(=O)(=O)c3cccc(Cl)c3)CC2)c([N+](=O)[O-])c1. The van der Waals surface area contributed by atoms with Crippen LogP contribution in [0.3, 0.4) is 0 Å². The second-order valence-corrected chi connectivity index (χ2v) is 8.74. The highest BCUT2D eigenvalue weighted by molar-refractivity contribution is 7.89. The number of benzene rings is 2. The van der Waals surface area contributed by atoms with Crippen LogP contribution in [0.1, 0.15) is 17.3 Å². The Morgan fingerprint density at radius 2 is 1.79 bits per heavy atom. The molecular weight excluding hydrogens is 406 g/mol. The van der Waals surface area contributed by atoms with Gasteiger partial charge in [-0.2, -0.15) is 4.31 Å². The number of sulfonamides is 1. The van der Waals surface area contributed by atoms with Gasteiger partial charge in [-0.15, -0.1) is 0 Å². The van der Waals surface area contributed by atoms with Crippen molar-refractivity contribution in [3.05, 3.63) is 63.2 Å². The molecule has 1 fully saturated rings. The van der Waals surface area contributed by atoms with Crippen molar-refractivity contribution in [1.82, 2.24) is 4.31 Å². The van der Waals surface area contributed by atoms with Crippen LogP contribution in [0, 0.1) is 10.1 Å². The van der Waals surface area contributed by atoms with Gasteiger partial charge in [0.2, 0.25) is 10.0 Å². The first kappa shape index (κ1) is 20.2. The molecule has 2 aromatic rings. The van der Waals surface area contributed by atoms with Gasteiger partial charge in [0, 0.05) is 42.8 Å². The van der Waals surface area contributed by atoms with E-state index in [1.807, 2.05) is 0 Å². The summed E-state index contributed by atoms with van der Waals surface area (Å²) in [6, 6.07) is 10.4. The largest absolute Gasteiger partial charge is 0.363 e. The third kappa shape index (κ3) is 4.01. The molecule has 1 saturated heterocycles. The van der Waals surface area contributed by atoms with Crippen molar-refractivity contribution in [2.45, 2.75) is 11.8 Å². The summed E-state index contributed by atoms with van der Waals surface area (Å²) >= 11 is 5.90. The van der Waals surface area contributed by atoms with Crippen LogP contribution >= 0.6 is 11.6 Å². The lowest BCUT2D eigenvalue weighted by molar-refractivity contribution is -0.384. The third-order valence-electron chi connectivity index (χ3n) is 4.59. The predicted molar refractivity (Wildman–Crippen MR) is 106 cm³/mol. The van der Waals surface area contributed by atoms with Gasteiger partial charge in [-0.25, -0.2) is 8.42 Å². The van der Waals surface area contributed by atoms with Crippen LogP contribution in [-0.2, 0) is 10.0 Å². The molecular formula is C18H18ClN3O5S. The highest BCUT2D eigenvalue weighted by atomic mass is 35.5. The monoisotopic (exact) mass is 423 g/mol. The number of nitro groups is 1. The quantitative estimate of drug-likeness (QED) is 0.416. The number of hydrogen-bond donors (Lipinski definition) is 0. The van der Waals surface area contributed by atoms with E-state index in [1.54, 1.807) is 23.1 Å². The van der Waals surface area contributed by atoms with Crippen LogP contribution in [-0.4, -0.2) is 49.6 Å². The minimum Gasteiger partial charge on any atom is -0.363 e. The van der Waals surface area contributed by atoms with E-state index in [0.29, 0.717) is 23.8 Å². The molecule has 1 heterocycles. The van der Waals surface area contributed by atoms with Crippen molar-refractivity contribution >= 4 is 38.8 Å². The number of Topliss-reactive ketones (excluding diaryl/α,β-unsaturated/α-hetero) is 1. The number of carbonyl (C=O) groups excluding carboxylic acids is 1. The van der Waals surface area contributed by atoms with Crippen LogP contribution in [0.5, 0.6) is 0 Å². The maximum atomic E-state index is 12.8. The molecule has 0 unspecified atom stereocenters. The number of rotatable bonds is 5. The van der Waals surface area contributed by atoms with Gasteiger partial charge in [0.25, 0.3) is 5.69 Å². The molecule has 0 aliphatic carbocycles. The molecule has 1 aliphatic heterocycles. The maximum absolute atomic E-state index is 12.8. The van der Waals surface area contributed by atoms with E-state index in [0.717, 1.165) is 0 Å². The van der Waals surface area contributed by atoms with Crippen LogP contribution in [0.25, 0.3) is 0 Å². The minimum absolute atomic E-state index is 0.116. The summed E-state index contributed by atoms with van der Waals surface area (Å²) in [4.78, 5) is 24.3. The van der Waals surface area contributed by atoms with Crippen LogP contribution in [0.2, 0.25) is 5.02 Å². The normalized spacial score (nSPS) is 15.4. The Bertz CT molecular complexity index is 1030. The molecule has 28 heavy (non-hydrogen) atoms. The lowest BCUT2D eigenvalue weighted by Gasteiger charge is -2.35. The average molecular weight is 424 g/mol. The standard InChI is InChI=1S/C18H18ClN3O5S/c1-13(23)14-5-6-17(18(11-14)22(24)25)20-7-9-21(10-8-20)28(26,27)16-4-2-3-15(19)12-16/h2-6,11-12H,7-10H2,1H3. The minimum atomic E-state index is -3.69. The summed E-state index contributed by atoms with van der Waals surface area (Å²) in [5.74, 6) is -0.257. The Hall–Kier alpha value is -2.49. The van der Waals surface area contributed by atoms with Crippen molar-refractivity contribution in [3.63, 3.8) is 0 Å². The van der Waals surface area contributed by atoms with Crippen LogP contribution in [0.15, 0.2) is 47.4 Å². The van der Waals surface area contributed by atoms with Crippen molar-refractivity contribution in [2.24, 2.45) is 0 Å². The number of hydrogen-bond acceptors (Lipinski definition) is 6.